The molecular formula is C40H50F4N8O6. The molecule has 2 aromatic carbocycles. The van der Waals surface area contributed by atoms with Crippen LogP contribution in [0.3, 0.4) is 0 Å². The van der Waals surface area contributed by atoms with Gasteiger partial charge in [-0.1, -0.05) is 52.0 Å². The Morgan fingerprint density at radius 3 is 2.19 bits per heavy atom. The molecule has 3 aliphatic rings. The number of alkyl carbamates (subject to hydrolysis) is 1. The van der Waals surface area contributed by atoms with Crippen molar-refractivity contribution in [3.63, 3.8) is 0 Å². The van der Waals surface area contributed by atoms with E-state index in [1.807, 2.05) is 32.6 Å². The van der Waals surface area contributed by atoms with Crippen molar-refractivity contribution < 1.29 is 46.2 Å². The van der Waals surface area contributed by atoms with Crippen LogP contribution in [0.5, 0.6) is 5.75 Å². The molecule has 0 aliphatic carbocycles. The number of rotatable bonds is 8. The molecule has 3 N–H and O–H groups in total. The van der Waals surface area contributed by atoms with Gasteiger partial charge in [0.1, 0.15) is 23.8 Å². The summed E-state index contributed by atoms with van der Waals surface area (Å²) in [6, 6.07) is 9.36. The Morgan fingerprint density at radius 1 is 0.914 bits per heavy atom. The third-order valence-electron chi connectivity index (χ3n) is 10.8. The van der Waals surface area contributed by atoms with E-state index in [-0.39, 0.29) is 47.0 Å². The summed E-state index contributed by atoms with van der Waals surface area (Å²) >= 11 is 0. The van der Waals surface area contributed by atoms with E-state index in [0.29, 0.717) is 69.4 Å². The average molecular weight is 815 g/mol. The molecule has 18 heteroatoms. The quantitative estimate of drug-likeness (QED) is 0.227. The molecule has 5 amide bonds. The predicted molar refractivity (Wildman–Crippen MR) is 206 cm³/mol. The zero-order chi connectivity index (χ0) is 41.9. The highest BCUT2D eigenvalue weighted by molar-refractivity contribution is 5.90. The maximum atomic E-state index is 15.3. The molecule has 0 saturated carbocycles. The molecule has 314 valence electrons. The number of aromatic nitrogens is 2. The normalized spacial score (nSPS) is 19.6. The number of urea groups is 1. The van der Waals surface area contributed by atoms with Crippen LogP contribution in [0, 0.1) is 17.3 Å². The minimum absolute atomic E-state index is 0.0372. The van der Waals surface area contributed by atoms with Crippen LogP contribution in [-0.2, 0) is 14.3 Å². The molecular weight excluding hydrogens is 764 g/mol. The summed E-state index contributed by atoms with van der Waals surface area (Å²) < 4.78 is 65.2. The smallest absolute Gasteiger partial charge is 0.453 e. The van der Waals surface area contributed by atoms with E-state index in [1.165, 1.54) is 48.4 Å². The number of piperazine rings is 1. The van der Waals surface area contributed by atoms with Crippen molar-refractivity contribution in [1.29, 1.82) is 0 Å². The van der Waals surface area contributed by atoms with Crippen LogP contribution in [0.2, 0.25) is 0 Å². The van der Waals surface area contributed by atoms with Crippen molar-refractivity contribution in [2.24, 2.45) is 11.3 Å². The van der Waals surface area contributed by atoms with E-state index >= 15 is 4.39 Å². The fraction of sp³-hybridized carbons (Fsp3) is 0.525. The number of aromatic amines is 1. The van der Waals surface area contributed by atoms with Gasteiger partial charge >= 0.3 is 18.5 Å². The number of nitrogens with one attached hydrogen (secondary N) is 3. The number of piperidine rings is 1. The maximum Gasteiger partial charge on any atom is 0.573 e. The zero-order valence-corrected chi connectivity index (χ0v) is 33.2. The van der Waals surface area contributed by atoms with E-state index in [4.69, 9.17) is 0 Å². The molecule has 14 nitrogen and oxygen atoms in total. The third-order valence-corrected chi connectivity index (χ3v) is 10.8. The van der Waals surface area contributed by atoms with Crippen LogP contribution in [-0.4, -0.2) is 125 Å². The SMILES string of the molecule is COC(=O)NCC(=O)N1CC(C)CC1c1nc(-c2ccc(-c3ccc(NC(=O)N4CCN(C5CCN(C(=O)C(C)(C)C)CC5)CC4)cc3OC(F)(F)F)cc2)c(F)[nH]1. The topological polar surface area (TPSA) is 152 Å². The highest BCUT2D eigenvalue weighted by atomic mass is 19.4. The van der Waals surface area contributed by atoms with Crippen molar-refractivity contribution in [2.75, 3.05) is 64.8 Å². The number of nitrogens with zero attached hydrogens (tertiary/aromatic N) is 5. The standard InChI is InChI=1S/C40H50F4N8O6/c1-24-20-30(52(23-24)32(53)22-45-38(56)57-5)35-47-33(34(41)48-35)26-8-6-25(7-9-26)29-11-10-27(21-31(29)58-40(42,43)44)46-37(55)51-18-16-49(17-19-51)28-12-14-50(15-13-28)36(54)39(2,3)4/h6-11,21,24,28,30H,12-20,22-23H2,1-5H3,(H,45,56)(H,46,55)(H,47,48). The van der Waals surface area contributed by atoms with Gasteiger partial charge in [0, 0.05) is 80.2 Å². The van der Waals surface area contributed by atoms with E-state index in [9.17, 15) is 32.3 Å². The lowest BCUT2D eigenvalue weighted by molar-refractivity contribution is -0.274. The average Bonchev–Trinajstić information content (AvgIpc) is 3.78. The molecule has 0 spiro atoms. The number of imidazole rings is 1. The van der Waals surface area contributed by atoms with E-state index < -0.39 is 41.6 Å². The van der Waals surface area contributed by atoms with Gasteiger partial charge in [-0.2, -0.15) is 4.39 Å². The summed E-state index contributed by atoms with van der Waals surface area (Å²) in [5.41, 5.74) is 0.409. The van der Waals surface area contributed by atoms with Crippen molar-refractivity contribution in [2.45, 2.75) is 65.4 Å². The number of hydrogen-bond donors (Lipinski definition) is 3. The summed E-state index contributed by atoms with van der Waals surface area (Å²) in [7, 11) is 1.18. The fourth-order valence-electron chi connectivity index (χ4n) is 7.88. The third kappa shape index (κ3) is 10.00. The van der Waals surface area contributed by atoms with Gasteiger partial charge in [0.2, 0.25) is 17.8 Å². The summed E-state index contributed by atoms with van der Waals surface area (Å²) in [5, 5.41) is 5.06. The number of amides is 5. The van der Waals surface area contributed by atoms with Gasteiger partial charge in [-0.25, -0.2) is 14.6 Å². The van der Waals surface area contributed by atoms with E-state index in [2.05, 4.69) is 35.0 Å². The number of benzene rings is 2. The number of hydrogen-bond acceptors (Lipinski definition) is 8. The molecule has 4 heterocycles. The van der Waals surface area contributed by atoms with Crippen LogP contribution in [0.1, 0.15) is 58.8 Å². The van der Waals surface area contributed by atoms with Crippen molar-refractivity contribution in [3.8, 4) is 28.1 Å². The molecule has 3 aliphatic heterocycles. The van der Waals surface area contributed by atoms with Gasteiger partial charge in [-0.05, 0) is 42.9 Å². The summed E-state index contributed by atoms with van der Waals surface area (Å²) in [6.07, 6.45) is -3.57. The molecule has 0 bridgehead atoms. The molecule has 6 rings (SSSR count). The molecule has 1 aromatic heterocycles. The highest BCUT2D eigenvalue weighted by Crippen LogP contribution is 2.39. The second-order valence-corrected chi connectivity index (χ2v) is 16.1. The van der Waals surface area contributed by atoms with Gasteiger partial charge in [-0.15, -0.1) is 13.2 Å². The lowest BCUT2D eigenvalue weighted by Gasteiger charge is -2.43. The van der Waals surface area contributed by atoms with Crippen LogP contribution < -0.4 is 15.4 Å². The number of halogens is 4. The number of methoxy groups -OCH3 is 1. The molecule has 3 aromatic rings. The molecule has 2 atom stereocenters. The first-order valence-electron chi connectivity index (χ1n) is 19.4. The zero-order valence-electron chi connectivity index (χ0n) is 33.2. The molecule has 2 unspecified atom stereocenters. The first-order valence-corrected chi connectivity index (χ1v) is 19.4. The second-order valence-electron chi connectivity index (χ2n) is 16.1. The summed E-state index contributed by atoms with van der Waals surface area (Å²) in [4.78, 5) is 64.8. The Hall–Kier alpha value is -5.39. The lowest BCUT2D eigenvalue weighted by Crippen LogP contribution is -2.56. The number of carbonyl (C=O) groups excluding carboxylic acids is 4. The van der Waals surface area contributed by atoms with Crippen LogP contribution in [0.15, 0.2) is 42.5 Å². The summed E-state index contributed by atoms with van der Waals surface area (Å²) in [5.74, 6) is -1.22. The fourth-order valence-corrected chi connectivity index (χ4v) is 7.88. The number of H-pyrrole nitrogens is 1. The highest BCUT2D eigenvalue weighted by Gasteiger charge is 2.38. The monoisotopic (exact) mass is 814 g/mol. The first kappa shape index (κ1) is 42.2. The second kappa shape index (κ2) is 17.2. The molecule has 58 heavy (non-hydrogen) atoms. The number of anilines is 1. The van der Waals surface area contributed by atoms with Crippen LogP contribution in [0.4, 0.5) is 32.8 Å². The predicted octanol–water partition coefficient (Wildman–Crippen LogP) is 6.23. The molecule has 3 fully saturated rings. The largest absolute Gasteiger partial charge is 0.573 e. The van der Waals surface area contributed by atoms with Gasteiger partial charge in [0.05, 0.1) is 13.2 Å². The van der Waals surface area contributed by atoms with Crippen LogP contribution in [0.25, 0.3) is 22.4 Å². The number of likely N-dealkylation sites (tertiary alicyclic amines) is 2. The minimum Gasteiger partial charge on any atom is -0.453 e. The summed E-state index contributed by atoms with van der Waals surface area (Å²) in [6.45, 7) is 11.3. The number of ether oxygens (including phenoxy) is 2. The first-order chi connectivity index (χ1) is 27.4. The van der Waals surface area contributed by atoms with Gasteiger partial charge in [0.25, 0.3) is 0 Å². The minimum atomic E-state index is -5.03. The van der Waals surface area contributed by atoms with Crippen molar-refractivity contribution in [3.05, 3.63) is 54.2 Å². The van der Waals surface area contributed by atoms with Crippen molar-refractivity contribution >= 4 is 29.6 Å². The molecule has 3 saturated heterocycles. The van der Waals surface area contributed by atoms with Gasteiger partial charge < -0.3 is 39.8 Å². The Balaban J connectivity index is 1.10. The number of alkyl halides is 3. The van der Waals surface area contributed by atoms with E-state index in [0.717, 1.165) is 18.9 Å². The Labute approximate surface area is 334 Å². The van der Waals surface area contributed by atoms with Gasteiger partial charge in [0.15, 0.2) is 0 Å². The van der Waals surface area contributed by atoms with E-state index in [1.54, 1.807) is 4.90 Å². The van der Waals surface area contributed by atoms with Crippen LogP contribution >= 0.6 is 0 Å². The Kier molecular flexibility index (Phi) is 12.5. The molecule has 0 radical (unpaired) electrons. The lowest BCUT2D eigenvalue weighted by atomic mass is 9.92. The number of carbonyl (C=O) groups is 4. The maximum absolute atomic E-state index is 15.3. The van der Waals surface area contributed by atoms with Crippen molar-refractivity contribution in [1.82, 2.24) is 34.9 Å². The van der Waals surface area contributed by atoms with Gasteiger partial charge in [-0.3, -0.25) is 14.5 Å². The Bertz CT molecular complexity index is 1970. The Morgan fingerprint density at radius 2 is 1.57 bits per heavy atom.